The number of carbonyl (C=O) groups is 1. The molecule has 0 radical (unpaired) electrons. The summed E-state index contributed by atoms with van der Waals surface area (Å²) in [5.41, 5.74) is 11.5. The lowest BCUT2D eigenvalue weighted by molar-refractivity contribution is -0.114. The topological polar surface area (TPSA) is 43.1 Å². The Labute approximate surface area is 108 Å². The van der Waals surface area contributed by atoms with Crippen LogP contribution >= 0.6 is 0 Å². The normalized spacial score (nSPS) is 36.8. The molecule has 0 saturated carbocycles. The molecule has 0 aromatic rings. The van der Waals surface area contributed by atoms with Crippen LogP contribution in [0.5, 0.6) is 0 Å². The second kappa shape index (κ2) is 3.79. The first-order chi connectivity index (χ1) is 8.54. The summed E-state index contributed by atoms with van der Waals surface area (Å²) in [5.74, 6) is 0.604. The molecule has 2 nitrogen and oxygen atoms in total. The van der Waals surface area contributed by atoms with Gasteiger partial charge in [-0.25, -0.2) is 0 Å². The van der Waals surface area contributed by atoms with Crippen LogP contribution in [0, 0.1) is 5.92 Å². The third-order valence-electron chi connectivity index (χ3n) is 4.42. The number of hydrogen-bond acceptors (Lipinski definition) is 2. The Balaban J connectivity index is 2.17. The summed E-state index contributed by atoms with van der Waals surface area (Å²) >= 11 is 0. The van der Waals surface area contributed by atoms with Crippen molar-refractivity contribution < 1.29 is 4.79 Å². The predicted octanol–water partition coefficient (Wildman–Crippen LogP) is 2.83. The van der Waals surface area contributed by atoms with Crippen molar-refractivity contribution in [2.45, 2.75) is 38.6 Å². The lowest BCUT2D eigenvalue weighted by Gasteiger charge is -2.47. The van der Waals surface area contributed by atoms with Crippen LogP contribution in [0.3, 0.4) is 0 Å². The van der Waals surface area contributed by atoms with Gasteiger partial charge < -0.3 is 5.73 Å². The van der Waals surface area contributed by atoms with Crippen molar-refractivity contribution in [2.24, 2.45) is 11.7 Å². The zero-order chi connectivity index (χ0) is 12.9. The van der Waals surface area contributed by atoms with Crippen molar-refractivity contribution in [2.75, 3.05) is 0 Å². The molecule has 2 atom stereocenters. The molecule has 3 rings (SSSR count). The zero-order valence-corrected chi connectivity index (χ0v) is 11.0. The standard InChI is InChI=1S/C16H19NO/c1-3-14-11-6-10(2)9-16(14,17)15-5-4-13(18)8-12(15)7-11/h3-6,11H,7-9,17H2,1-2H3/b14-3+/t11-,16+/m0/s1. The molecule has 3 aliphatic rings. The highest BCUT2D eigenvalue weighted by molar-refractivity contribution is 5.94. The molecule has 0 unspecified atom stereocenters. The zero-order valence-electron chi connectivity index (χ0n) is 11.0. The minimum atomic E-state index is -0.372. The number of allylic oxidation sites excluding steroid dienone is 4. The number of ketones is 1. The van der Waals surface area contributed by atoms with Crippen LogP contribution in [-0.2, 0) is 4.79 Å². The second-order valence-electron chi connectivity index (χ2n) is 5.71. The molecule has 0 heterocycles. The number of rotatable bonds is 0. The summed E-state index contributed by atoms with van der Waals surface area (Å²) in [6, 6.07) is 0. The highest BCUT2D eigenvalue weighted by atomic mass is 16.1. The van der Waals surface area contributed by atoms with Crippen molar-refractivity contribution in [3.63, 3.8) is 0 Å². The van der Waals surface area contributed by atoms with Crippen LogP contribution in [0.15, 0.2) is 46.6 Å². The lowest BCUT2D eigenvalue weighted by Crippen LogP contribution is -2.51. The number of nitrogens with two attached hydrogens (primary N) is 1. The quantitative estimate of drug-likeness (QED) is 0.663. The molecule has 0 aromatic carbocycles. The van der Waals surface area contributed by atoms with Gasteiger partial charge in [-0.2, -0.15) is 0 Å². The molecule has 2 bridgehead atoms. The van der Waals surface area contributed by atoms with Crippen molar-refractivity contribution in [1.82, 2.24) is 0 Å². The summed E-state index contributed by atoms with van der Waals surface area (Å²) < 4.78 is 0. The van der Waals surface area contributed by atoms with E-state index in [-0.39, 0.29) is 11.3 Å². The van der Waals surface area contributed by atoms with Crippen molar-refractivity contribution in [3.8, 4) is 0 Å². The van der Waals surface area contributed by atoms with Gasteiger partial charge in [-0.15, -0.1) is 0 Å². The fourth-order valence-electron chi connectivity index (χ4n) is 3.83. The first kappa shape index (κ1) is 11.7. The maximum atomic E-state index is 11.6. The van der Waals surface area contributed by atoms with Crippen LogP contribution in [0.4, 0.5) is 0 Å². The Kier molecular flexibility index (Phi) is 2.46. The van der Waals surface area contributed by atoms with Gasteiger partial charge in [0.25, 0.3) is 0 Å². The van der Waals surface area contributed by atoms with E-state index in [0.29, 0.717) is 12.3 Å². The third-order valence-corrected chi connectivity index (χ3v) is 4.42. The second-order valence-corrected chi connectivity index (χ2v) is 5.71. The summed E-state index contributed by atoms with van der Waals surface area (Å²) in [4.78, 5) is 11.6. The molecule has 0 spiro atoms. The highest BCUT2D eigenvalue weighted by Gasteiger charge is 2.44. The van der Waals surface area contributed by atoms with E-state index in [2.05, 4.69) is 26.0 Å². The molecule has 0 saturated heterocycles. The van der Waals surface area contributed by atoms with E-state index in [1.54, 1.807) is 6.08 Å². The molecule has 94 valence electrons. The van der Waals surface area contributed by atoms with Crippen LogP contribution < -0.4 is 5.73 Å². The minimum absolute atomic E-state index is 0.208. The van der Waals surface area contributed by atoms with E-state index >= 15 is 0 Å². The largest absolute Gasteiger partial charge is 0.318 e. The number of fused-ring (bicyclic) bond motifs is 3. The first-order valence-corrected chi connectivity index (χ1v) is 6.61. The fourth-order valence-corrected chi connectivity index (χ4v) is 3.83. The van der Waals surface area contributed by atoms with Crippen molar-refractivity contribution in [3.05, 3.63) is 46.6 Å². The van der Waals surface area contributed by atoms with E-state index in [4.69, 9.17) is 5.73 Å². The molecule has 0 fully saturated rings. The average molecular weight is 241 g/mol. The SMILES string of the molecule is C/C=C1\[C@H]2C=C(C)C[C@]1(N)C1=C(CC(=O)C=C1)C2. The van der Waals surface area contributed by atoms with Gasteiger partial charge in [-0.05, 0) is 43.9 Å². The summed E-state index contributed by atoms with van der Waals surface area (Å²) in [7, 11) is 0. The van der Waals surface area contributed by atoms with Crippen LogP contribution in [-0.4, -0.2) is 11.3 Å². The summed E-state index contributed by atoms with van der Waals surface area (Å²) in [6.45, 7) is 4.23. The molecule has 0 aromatic heterocycles. The average Bonchev–Trinajstić information content (AvgIpc) is 2.26. The Morgan fingerprint density at radius 1 is 1.44 bits per heavy atom. The van der Waals surface area contributed by atoms with Gasteiger partial charge in [-0.3, -0.25) is 4.79 Å². The minimum Gasteiger partial charge on any atom is -0.318 e. The Bertz CT molecular complexity index is 547. The highest BCUT2D eigenvalue weighted by Crippen LogP contribution is 2.49. The molecule has 18 heavy (non-hydrogen) atoms. The van der Waals surface area contributed by atoms with Gasteiger partial charge in [0.1, 0.15) is 0 Å². The molecular formula is C16H19NO. The number of hydrogen-bond donors (Lipinski definition) is 1. The van der Waals surface area contributed by atoms with E-state index in [0.717, 1.165) is 12.8 Å². The summed E-state index contributed by atoms with van der Waals surface area (Å²) in [5, 5.41) is 0. The van der Waals surface area contributed by atoms with Gasteiger partial charge in [0, 0.05) is 12.3 Å². The lowest BCUT2D eigenvalue weighted by atomic mass is 9.61. The molecular weight excluding hydrogens is 222 g/mol. The Hall–Kier alpha value is -1.41. The maximum Gasteiger partial charge on any atom is 0.159 e. The van der Waals surface area contributed by atoms with Gasteiger partial charge in [0.05, 0.1) is 5.54 Å². The van der Waals surface area contributed by atoms with E-state index in [9.17, 15) is 4.79 Å². The monoisotopic (exact) mass is 241 g/mol. The van der Waals surface area contributed by atoms with Crippen LogP contribution in [0.25, 0.3) is 0 Å². The summed E-state index contributed by atoms with van der Waals surface area (Å²) in [6.07, 6.45) is 10.5. The Morgan fingerprint density at radius 3 is 2.94 bits per heavy atom. The van der Waals surface area contributed by atoms with Crippen LogP contribution in [0.1, 0.15) is 33.1 Å². The van der Waals surface area contributed by atoms with E-state index in [1.165, 1.54) is 22.3 Å². The molecule has 2 N–H and O–H groups in total. The fraction of sp³-hybridized carbons (Fsp3) is 0.438. The van der Waals surface area contributed by atoms with Crippen molar-refractivity contribution >= 4 is 5.78 Å². The third kappa shape index (κ3) is 1.49. The van der Waals surface area contributed by atoms with E-state index in [1.807, 2.05) is 6.08 Å². The molecule has 0 aliphatic heterocycles. The van der Waals surface area contributed by atoms with Gasteiger partial charge in [0.15, 0.2) is 5.78 Å². The molecule has 0 amide bonds. The molecule has 3 aliphatic carbocycles. The van der Waals surface area contributed by atoms with Gasteiger partial charge in [0.2, 0.25) is 0 Å². The van der Waals surface area contributed by atoms with Gasteiger partial charge in [-0.1, -0.05) is 29.4 Å². The smallest absolute Gasteiger partial charge is 0.159 e. The maximum absolute atomic E-state index is 11.6. The molecule has 2 heteroatoms. The number of carbonyl (C=O) groups excluding carboxylic acids is 1. The predicted molar refractivity (Wildman–Crippen MR) is 72.9 cm³/mol. The van der Waals surface area contributed by atoms with Gasteiger partial charge >= 0.3 is 0 Å². The van der Waals surface area contributed by atoms with Crippen LogP contribution in [0.2, 0.25) is 0 Å². The first-order valence-electron chi connectivity index (χ1n) is 6.61. The van der Waals surface area contributed by atoms with E-state index < -0.39 is 0 Å². The Morgan fingerprint density at radius 2 is 2.22 bits per heavy atom. The van der Waals surface area contributed by atoms with Crippen molar-refractivity contribution in [1.29, 1.82) is 0 Å².